The molecule has 1 aliphatic rings. The van der Waals surface area contributed by atoms with E-state index in [9.17, 15) is 17.2 Å². The Bertz CT molecular complexity index is 1130. The predicted molar refractivity (Wildman–Crippen MR) is 106 cm³/mol. The summed E-state index contributed by atoms with van der Waals surface area (Å²) in [6.45, 7) is 2.10. The van der Waals surface area contributed by atoms with Crippen molar-refractivity contribution in [3.8, 4) is 0 Å². The van der Waals surface area contributed by atoms with E-state index in [-0.39, 0.29) is 23.6 Å². The van der Waals surface area contributed by atoms with Gasteiger partial charge in [0.15, 0.2) is 5.65 Å². The number of nitrogens with one attached hydrogen (secondary N) is 2. The number of hydrogen-bond acceptors (Lipinski definition) is 6. The van der Waals surface area contributed by atoms with Gasteiger partial charge in [0.1, 0.15) is 12.1 Å². The zero-order chi connectivity index (χ0) is 20.6. The highest BCUT2D eigenvalue weighted by Crippen LogP contribution is 2.31. The topological polar surface area (TPSA) is 88.9 Å². The maximum absolute atomic E-state index is 14.0. The summed E-state index contributed by atoms with van der Waals surface area (Å²) in [4.78, 5) is 8.38. The van der Waals surface area contributed by atoms with Gasteiger partial charge in [-0.1, -0.05) is 17.7 Å². The van der Waals surface area contributed by atoms with E-state index in [0.29, 0.717) is 24.2 Å². The van der Waals surface area contributed by atoms with Crippen molar-refractivity contribution in [2.75, 3.05) is 25.0 Å². The highest BCUT2D eigenvalue weighted by molar-refractivity contribution is 7.90. The average Bonchev–Trinajstić information content (AvgIpc) is 3.13. The van der Waals surface area contributed by atoms with Gasteiger partial charge in [0, 0.05) is 18.7 Å². The summed E-state index contributed by atoms with van der Waals surface area (Å²) in [6, 6.07) is 8.09. The number of fused-ring (bicyclic) bond motifs is 1. The Kier molecular flexibility index (Phi) is 4.99. The Labute approximate surface area is 167 Å². The molecule has 3 aromatic rings. The molecule has 0 spiro atoms. The smallest absolute Gasteiger partial charge is 0.269 e. The molecule has 1 aromatic carbocycles. The minimum atomic E-state index is -3.84. The molecule has 0 saturated carbocycles. The van der Waals surface area contributed by atoms with Crippen LogP contribution in [0.15, 0.2) is 47.8 Å². The van der Waals surface area contributed by atoms with E-state index in [2.05, 4.69) is 20.6 Å². The number of nitrogens with zero attached hydrogens (tertiary/aromatic N) is 3. The lowest BCUT2D eigenvalue weighted by Gasteiger charge is -2.32. The van der Waals surface area contributed by atoms with E-state index in [1.807, 2.05) is 6.92 Å². The van der Waals surface area contributed by atoms with E-state index in [4.69, 9.17) is 0 Å². The maximum Gasteiger partial charge on any atom is 0.269 e. The number of piperidine rings is 1. The van der Waals surface area contributed by atoms with Crippen molar-refractivity contribution in [2.24, 2.45) is 5.92 Å². The third-order valence-corrected chi connectivity index (χ3v) is 6.85. The van der Waals surface area contributed by atoms with Gasteiger partial charge in [-0.2, -0.15) is 0 Å². The minimum absolute atomic E-state index is 0.0384. The molecule has 1 saturated heterocycles. The molecule has 154 valence electrons. The first-order valence-corrected chi connectivity index (χ1v) is 10.7. The molecule has 0 radical (unpaired) electrons. The fourth-order valence-corrected chi connectivity index (χ4v) is 4.75. The Morgan fingerprint density at radius 2 is 2.00 bits per heavy atom. The van der Waals surface area contributed by atoms with E-state index in [1.54, 1.807) is 18.2 Å². The van der Waals surface area contributed by atoms with Crippen molar-refractivity contribution in [2.45, 2.75) is 24.2 Å². The molecule has 1 fully saturated rings. The van der Waals surface area contributed by atoms with Crippen LogP contribution in [-0.4, -0.2) is 47.9 Å². The van der Waals surface area contributed by atoms with Crippen molar-refractivity contribution >= 4 is 26.9 Å². The van der Waals surface area contributed by atoms with Crippen LogP contribution in [0.4, 0.5) is 14.6 Å². The minimum Gasteiger partial charge on any atom is -0.369 e. The largest absolute Gasteiger partial charge is 0.369 e. The number of rotatable bonds is 5. The summed E-state index contributed by atoms with van der Waals surface area (Å²) in [5.41, 5.74) is 1.14. The van der Waals surface area contributed by atoms with Crippen LogP contribution in [-0.2, 0) is 10.0 Å². The van der Waals surface area contributed by atoms with Crippen molar-refractivity contribution in [1.29, 1.82) is 0 Å². The fourth-order valence-electron chi connectivity index (χ4n) is 3.44. The zero-order valence-corrected chi connectivity index (χ0v) is 16.6. The molecule has 1 aliphatic heterocycles. The summed E-state index contributed by atoms with van der Waals surface area (Å²) in [7, 11) is -3.84. The first-order chi connectivity index (χ1) is 13.8. The van der Waals surface area contributed by atoms with Crippen LogP contribution in [0.3, 0.4) is 0 Å². The first kappa shape index (κ1) is 19.7. The van der Waals surface area contributed by atoms with E-state index in [1.165, 1.54) is 24.7 Å². The lowest BCUT2D eigenvalue weighted by molar-refractivity contribution is -0.0678. The summed E-state index contributed by atoms with van der Waals surface area (Å²) < 4.78 is 55.2. The van der Waals surface area contributed by atoms with Crippen molar-refractivity contribution < 1.29 is 17.2 Å². The van der Waals surface area contributed by atoms with Gasteiger partial charge in [0.25, 0.3) is 15.9 Å². The van der Waals surface area contributed by atoms with Gasteiger partial charge in [-0.05, 0) is 38.1 Å². The second-order valence-electron chi connectivity index (χ2n) is 7.19. The first-order valence-electron chi connectivity index (χ1n) is 9.26. The molecule has 2 N–H and O–H groups in total. The molecule has 4 rings (SSSR count). The number of alkyl halides is 2. The van der Waals surface area contributed by atoms with Gasteiger partial charge in [-0.3, -0.25) is 0 Å². The Balaban J connectivity index is 1.64. The normalized spacial score (nSPS) is 19.3. The summed E-state index contributed by atoms with van der Waals surface area (Å²) in [5, 5.41) is 6.12. The van der Waals surface area contributed by atoms with Crippen LogP contribution in [0.1, 0.15) is 12.0 Å². The van der Waals surface area contributed by atoms with Crippen LogP contribution >= 0.6 is 0 Å². The monoisotopic (exact) mass is 421 g/mol. The number of halogens is 2. The van der Waals surface area contributed by atoms with Crippen LogP contribution < -0.4 is 10.6 Å². The zero-order valence-electron chi connectivity index (χ0n) is 15.8. The second kappa shape index (κ2) is 7.34. The Hall–Kier alpha value is -2.59. The van der Waals surface area contributed by atoms with Gasteiger partial charge < -0.3 is 10.6 Å². The molecule has 2 aromatic heterocycles. The third kappa shape index (κ3) is 3.69. The highest BCUT2D eigenvalue weighted by Gasteiger charge is 2.41. The standard InChI is InChI=1S/C19H21F2N5O2S/c1-13-2-4-15(5-3-13)29(27,28)26-9-7-16-17(24-12-25-18(16)26)23-10-14-6-8-22-11-19(14,20)21/h2-5,7,9,12,14,22H,6,8,10-11H2,1H3,(H,23,24,25). The number of aromatic nitrogens is 3. The molecule has 0 amide bonds. The van der Waals surface area contributed by atoms with E-state index < -0.39 is 21.9 Å². The quantitative estimate of drug-likeness (QED) is 0.659. The maximum atomic E-state index is 14.0. The number of hydrogen-bond donors (Lipinski definition) is 2. The highest BCUT2D eigenvalue weighted by atomic mass is 32.2. The van der Waals surface area contributed by atoms with Gasteiger partial charge in [0.05, 0.1) is 16.8 Å². The average molecular weight is 421 g/mol. The van der Waals surface area contributed by atoms with Crippen LogP contribution in [0.25, 0.3) is 11.0 Å². The van der Waals surface area contributed by atoms with Gasteiger partial charge >= 0.3 is 0 Å². The molecule has 1 atom stereocenters. The third-order valence-electron chi connectivity index (χ3n) is 5.17. The number of benzene rings is 1. The Morgan fingerprint density at radius 1 is 1.24 bits per heavy atom. The molecular formula is C19H21F2N5O2S. The summed E-state index contributed by atoms with van der Waals surface area (Å²) in [5.74, 6) is -3.30. The van der Waals surface area contributed by atoms with E-state index in [0.717, 1.165) is 9.54 Å². The SMILES string of the molecule is Cc1ccc(S(=O)(=O)n2ccc3c(NCC4CCNCC4(F)F)ncnc32)cc1. The lowest BCUT2D eigenvalue weighted by Crippen LogP contribution is -2.48. The van der Waals surface area contributed by atoms with Crippen molar-refractivity contribution in [3.63, 3.8) is 0 Å². The molecular weight excluding hydrogens is 400 g/mol. The van der Waals surface area contributed by atoms with Crippen LogP contribution in [0, 0.1) is 12.8 Å². The van der Waals surface area contributed by atoms with Crippen LogP contribution in [0.5, 0.6) is 0 Å². The fraction of sp³-hybridized carbons (Fsp3) is 0.368. The van der Waals surface area contributed by atoms with Crippen LogP contribution in [0.2, 0.25) is 0 Å². The summed E-state index contributed by atoms with van der Waals surface area (Å²) >= 11 is 0. The molecule has 7 nitrogen and oxygen atoms in total. The van der Waals surface area contributed by atoms with Crippen molar-refractivity contribution in [1.82, 2.24) is 19.3 Å². The van der Waals surface area contributed by atoms with Gasteiger partial charge in [-0.15, -0.1) is 0 Å². The molecule has 10 heteroatoms. The molecule has 0 aliphatic carbocycles. The Morgan fingerprint density at radius 3 is 2.72 bits per heavy atom. The van der Waals surface area contributed by atoms with Crippen molar-refractivity contribution in [3.05, 3.63) is 48.4 Å². The number of anilines is 1. The molecule has 29 heavy (non-hydrogen) atoms. The predicted octanol–water partition coefficient (Wildman–Crippen LogP) is 2.63. The van der Waals surface area contributed by atoms with Gasteiger partial charge in [-0.25, -0.2) is 31.1 Å². The molecule has 3 heterocycles. The van der Waals surface area contributed by atoms with E-state index >= 15 is 0 Å². The lowest BCUT2D eigenvalue weighted by atomic mass is 9.94. The van der Waals surface area contributed by atoms with Gasteiger partial charge in [0.2, 0.25) is 0 Å². The summed E-state index contributed by atoms with van der Waals surface area (Å²) in [6.07, 6.45) is 2.97. The molecule has 1 unspecified atom stereocenters. The molecule has 0 bridgehead atoms. The second-order valence-corrected chi connectivity index (χ2v) is 9.01. The number of aryl methyl sites for hydroxylation is 1.